The summed E-state index contributed by atoms with van der Waals surface area (Å²) in [5.41, 5.74) is 1.56. The van der Waals surface area contributed by atoms with Crippen LogP contribution in [0.15, 0.2) is 18.7 Å². The van der Waals surface area contributed by atoms with Crippen LogP contribution in [0.3, 0.4) is 0 Å². The summed E-state index contributed by atoms with van der Waals surface area (Å²) in [5.74, 6) is -0.438. The molecular formula is C21H29N3O3. The van der Waals surface area contributed by atoms with E-state index in [1.807, 2.05) is 24.5 Å². The van der Waals surface area contributed by atoms with Crippen LogP contribution < -0.4 is 5.32 Å². The van der Waals surface area contributed by atoms with E-state index in [0.29, 0.717) is 24.9 Å². The summed E-state index contributed by atoms with van der Waals surface area (Å²) in [6, 6.07) is 1.39. The van der Waals surface area contributed by atoms with Crippen LogP contribution in [-0.4, -0.2) is 39.3 Å². The number of amides is 3. The van der Waals surface area contributed by atoms with Crippen LogP contribution in [0.4, 0.5) is 4.79 Å². The van der Waals surface area contributed by atoms with Crippen LogP contribution in [0.1, 0.15) is 66.7 Å². The Morgan fingerprint density at radius 1 is 1.19 bits per heavy atom. The number of hydrogen-bond donors (Lipinski definition) is 1. The van der Waals surface area contributed by atoms with E-state index >= 15 is 0 Å². The van der Waals surface area contributed by atoms with Gasteiger partial charge in [0.15, 0.2) is 5.78 Å². The average Bonchev–Trinajstić information content (AvgIpc) is 3.02. The molecule has 1 spiro atoms. The maximum absolute atomic E-state index is 13.1. The van der Waals surface area contributed by atoms with Gasteiger partial charge in [-0.3, -0.25) is 14.5 Å². The van der Waals surface area contributed by atoms with Gasteiger partial charge < -0.3 is 9.88 Å². The number of rotatable bonds is 5. The van der Waals surface area contributed by atoms with Gasteiger partial charge in [0.1, 0.15) is 5.54 Å². The van der Waals surface area contributed by atoms with E-state index in [2.05, 4.69) is 11.9 Å². The number of aromatic nitrogens is 1. The molecule has 0 radical (unpaired) electrons. The fourth-order valence-electron chi connectivity index (χ4n) is 4.39. The summed E-state index contributed by atoms with van der Waals surface area (Å²) in [6.07, 6.45) is 8.31. The third-order valence-electron chi connectivity index (χ3n) is 5.94. The Morgan fingerprint density at radius 2 is 1.81 bits per heavy atom. The lowest BCUT2D eigenvalue weighted by Gasteiger charge is -2.28. The van der Waals surface area contributed by atoms with Gasteiger partial charge in [-0.2, -0.15) is 0 Å². The van der Waals surface area contributed by atoms with Gasteiger partial charge in [-0.05, 0) is 32.8 Å². The number of hydrogen-bond acceptors (Lipinski definition) is 3. The smallest absolute Gasteiger partial charge is 0.325 e. The number of allylic oxidation sites excluding steroid dienone is 1. The molecule has 0 bridgehead atoms. The molecule has 146 valence electrons. The Kier molecular flexibility index (Phi) is 5.53. The highest BCUT2D eigenvalue weighted by Crippen LogP contribution is 2.32. The van der Waals surface area contributed by atoms with Crippen molar-refractivity contribution in [2.24, 2.45) is 0 Å². The zero-order valence-electron chi connectivity index (χ0n) is 16.3. The summed E-state index contributed by atoms with van der Waals surface area (Å²) in [5, 5.41) is 2.91. The number of ketones is 1. The molecule has 2 heterocycles. The molecule has 1 N–H and O–H groups in total. The molecule has 1 aromatic rings. The lowest BCUT2D eigenvalue weighted by Crippen LogP contribution is -2.47. The van der Waals surface area contributed by atoms with Crippen molar-refractivity contribution in [3.63, 3.8) is 0 Å². The summed E-state index contributed by atoms with van der Waals surface area (Å²) in [4.78, 5) is 39.5. The first-order chi connectivity index (χ1) is 12.9. The van der Waals surface area contributed by atoms with Gasteiger partial charge in [0.05, 0.1) is 6.54 Å². The Hall–Kier alpha value is -2.37. The second-order valence-corrected chi connectivity index (χ2v) is 7.78. The summed E-state index contributed by atoms with van der Waals surface area (Å²) >= 11 is 0. The molecule has 6 nitrogen and oxygen atoms in total. The van der Waals surface area contributed by atoms with Gasteiger partial charge in [0.25, 0.3) is 5.91 Å². The van der Waals surface area contributed by atoms with Crippen molar-refractivity contribution >= 4 is 17.7 Å². The van der Waals surface area contributed by atoms with Crippen LogP contribution in [-0.2, 0) is 11.3 Å². The number of Topliss-reactive ketones (excluding diaryl/α,β-unsaturated/α-hetero) is 1. The van der Waals surface area contributed by atoms with Crippen molar-refractivity contribution in [3.8, 4) is 0 Å². The van der Waals surface area contributed by atoms with E-state index in [0.717, 1.165) is 42.0 Å². The molecule has 0 atom stereocenters. The first-order valence-corrected chi connectivity index (χ1v) is 9.84. The molecule has 1 saturated heterocycles. The summed E-state index contributed by atoms with van der Waals surface area (Å²) in [7, 11) is 0. The fraction of sp³-hybridized carbons (Fsp3) is 0.571. The van der Waals surface area contributed by atoms with Crippen molar-refractivity contribution < 1.29 is 14.4 Å². The molecule has 1 aliphatic heterocycles. The molecule has 3 amide bonds. The lowest BCUT2D eigenvalue weighted by atomic mass is 9.84. The van der Waals surface area contributed by atoms with Crippen molar-refractivity contribution in [2.75, 3.05) is 6.54 Å². The zero-order valence-corrected chi connectivity index (χ0v) is 16.3. The van der Waals surface area contributed by atoms with E-state index < -0.39 is 11.6 Å². The van der Waals surface area contributed by atoms with Gasteiger partial charge in [0.2, 0.25) is 0 Å². The quantitative estimate of drug-likeness (QED) is 0.489. The predicted octanol–water partition coefficient (Wildman–Crippen LogP) is 3.51. The number of imide groups is 1. The van der Waals surface area contributed by atoms with E-state index in [9.17, 15) is 14.4 Å². The van der Waals surface area contributed by atoms with Gasteiger partial charge in [0, 0.05) is 23.5 Å². The monoisotopic (exact) mass is 371 g/mol. The third kappa shape index (κ3) is 3.57. The number of carbonyl (C=O) groups is 3. The minimum Gasteiger partial charge on any atom is -0.345 e. The van der Waals surface area contributed by atoms with Gasteiger partial charge in [-0.25, -0.2) is 4.79 Å². The molecule has 2 fully saturated rings. The maximum atomic E-state index is 13.1. The fourth-order valence-corrected chi connectivity index (χ4v) is 4.39. The predicted molar refractivity (Wildman–Crippen MR) is 104 cm³/mol. The molecule has 2 aliphatic rings. The molecule has 1 saturated carbocycles. The van der Waals surface area contributed by atoms with Crippen LogP contribution in [0, 0.1) is 13.8 Å². The molecule has 6 heteroatoms. The Morgan fingerprint density at radius 3 is 2.44 bits per heavy atom. The minimum atomic E-state index is -0.808. The molecule has 0 aromatic carbocycles. The van der Waals surface area contributed by atoms with Gasteiger partial charge >= 0.3 is 6.03 Å². The third-order valence-corrected chi connectivity index (χ3v) is 5.94. The summed E-state index contributed by atoms with van der Waals surface area (Å²) in [6.45, 7) is 7.98. The van der Waals surface area contributed by atoms with E-state index in [1.165, 1.54) is 6.42 Å². The highest BCUT2D eigenvalue weighted by Gasteiger charge is 2.50. The average molecular weight is 371 g/mol. The second-order valence-electron chi connectivity index (χ2n) is 7.78. The topological polar surface area (TPSA) is 71.4 Å². The Bertz CT molecular complexity index is 770. The van der Waals surface area contributed by atoms with Crippen molar-refractivity contribution in [1.82, 2.24) is 14.8 Å². The first kappa shape index (κ1) is 19.4. The van der Waals surface area contributed by atoms with E-state index in [4.69, 9.17) is 0 Å². The molecule has 1 aromatic heterocycles. The number of nitrogens with zero attached hydrogens (tertiary/aromatic N) is 2. The largest absolute Gasteiger partial charge is 0.345 e. The Labute approximate surface area is 160 Å². The number of nitrogens with one attached hydrogen (secondary N) is 1. The lowest BCUT2D eigenvalue weighted by molar-refractivity contribution is -0.131. The van der Waals surface area contributed by atoms with Gasteiger partial charge in [-0.15, -0.1) is 6.58 Å². The van der Waals surface area contributed by atoms with Crippen molar-refractivity contribution in [1.29, 1.82) is 0 Å². The number of carbonyl (C=O) groups excluding carboxylic acids is 3. The normalized spacial score (nSPS) is 19.7. The summed E-state index contributed by atoms with van der Waals surface area (Å²) < 4.78 is 2.00. The number of aryl methyl sites for hydroxylation is 1. The highest BCUT2D eigenvalue weighted by atomic mass is 16.2. The standard InChI is InChI=1S/C21H29N3O3/c1-4-12-23-15(2)13-17(16(23)3)18(25)14-24-19(26)21(22-20(24)27)10-8-6-5-7-9-11-21/h4,13H,1,5-12,14H2,2-3H3,(H,22,27). The maximum Gasteiger partial charge on any atom is 0.325 e. The second kappa shape index (κ2) is 7.71. The minimum absolute atomic E-state index is 0.204. The first-order valence-electron chi connectivity index (χ1n) is 9.84. The van der Waals surface area contributed by atoms with Crippen LogP contribution in [0.25, 0.3) is 0 Å². The molecule has 3 rings (SSSR count). The molecule has 0 unspecified atom stereocenters. The molecular weight excluding hydrogens is 342 g/mol. The molecule has 27 heavy (non-hydrogen) atoms. The number of urea groups is 1. The van der Waals surface area contributed by atoms with Crippen molar-refractivity contribution in [3.05, 3.63) is 35.7 Å². The van der Waals surface area contributed by atoms with E-state index in [1.54, 1.807) is 6.08 Å². The van der Waals surface area contributed by atoms with Crippen LogP contribution >= 0.6 is 0 Å². The SMILES string of the molecule is C=CCn1c(C)cc(C(=O)CN2C(=O)NC3(CCCCCCC3)C2=O)c1C. The highest BCUT2D eigenvalue weighted by molar-refractivity contribution is 6.11. The zero-order chi connectivity index (χ0) is 19.6. The van der Waals surface area contributed by atoms with E-state index in [-0.39, 0.29) is 18.2 Å². The van der Waals surface area contributed by atoms with Crippen molar-refractivity contribution in [2.45, 2.75) is 70.9 Å². The molecule has 1 aliphatic carbocycles. The van der Waals surface area contributed by atoms with Crippen LogP contribution in [0.2, 0.25) is 0 Å². The van der Waals surface area contributed by atoms with Crippen LogP contribution in [0.5, 0.6) is 0 Å². The Balaban J connectivity index is 1.78. The van der Waals surface area contributed by atoms with Gasteiger partial charge in [-0.1, -0.05) is 38.2 Å².